The smallest absolute Gasteiger partial charge is 0.464 e. The summed E-state index contributed by atoms with van der Waals surface area (Å²) in [7, 11) is -4.59. The van der Waals surface area contributed by atoms with Crippen molar-refractivity contribution in [3.8, 4) is 18.1 Å². The Bertz CT molecular complexity index is 2070. The highest BCUT2D eigenvalue weighted by Crippen LogP contribution is 2.49. The number of hydrogen-bond donors (Lipinski definition) is 2. The van der Waals surface area contributed by atoms with Crippen molar-refractivity contribution < 1.29 is 46.5 Å². The second-order valence-corrected chi connectivity index (χ2v) is 16.4. The fourth-order valence-corrected chi connectivity index (χ4v) is 8.29. The summed E-state index contributed by atoms with van der Waals surface area (Å²) in [5, 5.41) is 2.83. The third-order valence-corrected chi connectivity index (χ3v) is 11.9. The van der Waals surface area contributed by atoms with Crippen molar-refractivity contribution >= 4 is 36.9 Å². The van der Waals surface area contributed by atoms with Crippen molar-refractivity contribution in [2.24, 2.45) is 5.92 Å². The van der Waals surface area contributed by atoms with E-state index >= 15 is 4.57 Å². The molecule has 2 aromatic carbocycles. The molecule has 1 aliphatic heterocycles. The van der Waals surface area contributed by atoms with E-state index in [2.05, 4.69) is 32.9 Å². The van der Waals surface area contributed by atoms with Gasteiger partial charge < -0.3 is 29.2 Å². The zero-order valence-corrected chi connectivity index (χ0v) is 35.4. The van der Waals surface area contributed by atoms with Gasteiger partial charge in [0.15, 0.2) is 28.7 Å². The van der Waals surface area contributed by atoms with Crippen molar-refractivity contribution in [1.29, 1.82) is 0 Å². The zero-order chi connectivity index (χ0) is 43.0. The van der Waals surface area contributed by atoms with E-state index in [0.717, 1.165) is 50.5 Å². The summed E-state index contributed by atoms with van der Waals surface area (Å²) in [5.74, 6) is 1.97. The van der Waals surface area contributed by atoms with Crippen molar-refractivity contribution in [3.63, 3.8) is 0 Å². The first-order chi connectivity index (χ1) is 29.0. The molecule has 0 amide bonds. The Balaban J connectivity index is 1.42. The number of benzene rings is 2. The summed E-state index contributed by atoms with van der Waals surface area (Å²) in [6.45, 7) is 5.77. The molecule has 0 spiro atoms. The van der Waals surface area contributed by atoms with Gasteiger partial charge in [-0.15, -0.1) is 6.42 Å². The normalized spacial score (nSPS) is 19.1. The molecule has 324 valence electrons. The maximum Gasteiger partial charge on any atom is 0.508 e. The monoisotopic (exact) mass is 850 g/mol. The molecular formula is C43H56FN6O9P. The van der Waals surface area contributed by atoms with Crippen LogP contribution >= 0.6 is 7.75 Å². The Morgan fingerprint density at radius 1 is 1.02 bits per heavy atom. The molecule has 0 bridgehead atoms. The van der Waals surface area contributed by atoms with Crippen LogP contribution in [0.4, 0.5) is 15.0 Å². The number of para-hydroxylation sites is 1. The number of carbonyl (C=O) groups is 2. The van der Waals surface area contributed by atoms with E-state index in [0.29, 0.717) is 6.42 Å². The molecule has 2 aromatic heterocycles. The molecule has 0 aliphatic carbocycles. The molecule has 17 heteroatoms. The lowest BCUT2D eigenvalue weighted by atomic mass is 9.99. The molecular weight excluding hydrogens is 794 g/mol. The number of nitrogens with one attached hydrogen (secondary N) is 1. The lowest BCUT2D eigenvalue weighted by Crippen LogP contribution is -2.46. The number of anilines is 1. The van der Waals surface area contributed by atoms with Gasteiger partial charge in [-0.3, -0.25) is 13.9 Å². The van der Waals surface area contributed by atoms with Crippen molar-refractivity contribution in [2.45, 2.75) is 115 Å². The summed E-state index contributed by atoms with van der Waals surface area (Å²) in [4.78, 5) is 38.6. The number of nitrogens with zero attached hydrogens (tertiary/aromatic N) is 4. The molecule has 5 rings (SSSR count). The summed E-state index contributed by atoms with van der Waals surface area (Å²) in [5.41, 5.74) is 4.83. The number of ether oxygens (including phenoxy) is 4. The van der Waals surface area contributed by atoms with E-state index in [9.17, 15) is 14.0 Å². The molecule has 0 radical (unpaired) electrons. The van der Waals surface area contributed by atoms with Gasteiger partial charge in [-0.1, -0.05) is 127 Å². The van der Waals surface area contributed by atoms with Gasteiger partial charge in [-0.25, -0.2) is 14.3 Å². The minimum absolute atomic E-state index is 0.00518. The Kier molecular flexibility index (Phi) is 17.3. The van der Waals surface area contributed by atoms with E-state index in [1.165, 1.54) is 17.3 Å². The summed E-state index contributed by atoms with van der Waals surface area (Å²) in [6.07, 6.45) is 11.7. The highest BCUT2D eigenvalue weighted by atomic mass is 31.2. The van der Waals surface area contributed by atoms with Crippen molar-refractivity contribution in [2.75, 3.05) is 25.6 Å². The first-order valence-electron chi connectivity index (χ1n) is 20.6. The maximum absolute atomic E-state index is 15.0. The Morgan fingerprint density at radius 2 is 1.70 bits per heavy atom. The van der Waals surface area contributed by atoms with Gasteiger partial charge in [-0.05, 0) is 36.5 Å². The number of nitrogen functional groups attached to an aromatic ring is 1. The molecule has 15 nitrogen and oxygen atoms in total. The van der Waals surface area contributed by atoms with E-state index in [4.69, 9.17) is 40.2 Å². The zero-order valence-electron chi connectivity index (χ0n) is 34.5. The summed E-state index contributed by atoms with van der Waals surface area (Å²) < 4.78 is 66.4. The number of hydrogen-bond acceptors (Lipinski definition) is 13. The maximum atomic E-state index is 15.0. The molecule has 0 saturated carbocycles. The van der Waals surface area contributed by atoms with Crippen LogP contribution < -0.4 is 15.3 Å². The molecule has 3 N–H and O–H groups in total. The van der Waals surface area contributed by atoms with Gasteiger partial charge in [0.2, 0.25) is 0 Å². The van der Waals surface area contributed by atoms with Crippen LogP contribution in [-0.2, 0) is 39.3 Å². The second-order valence-electron chi connectivity index (χ2n) is 14.7. The number of rotatable bonds is 24. The highest BCUT2D eigenvalue weighted by Gasteiger charge is 2.53. The molecule has 3 heterocycles. The standard InChI is InChI=1S/C43H56FN6O9P/c1-5-9-10-11-12-13-20-25-54-42(52)57-35-27-36(50-30-46-37-38(45)47-41(44)48-39(37)50)58-43(35,8-4)29-56-60(53,59-33-23-18-15-19-24-33)49-34(26-32-21-16-14-17-22-32)40(51)55-28-31(6-2)7-3/h4,14-19,21-24,30-31,34-36H,5-7,9-13,20,25-29H2,1-3H3,(H,49,53)(H2,45,47,48)/t34-,35-,36+,43+,60-/m0/s1. The quantitative estimate of drug-likeness (QED) is 0.0224. The topological polar surface area (TPSA) is 188 Å². The van der Waals surface area contributed by atoms with Crippen molar-refractivity contribution in [1.82, 2.24) is 24.6 Å². The fourth-order valence-electron chi connectivity index (χ4n) is 6.77. The summed E-state index contributed by atoms with van der Waals surface area (Å²) in [6, 6.07) is 16.2. The van der Waals surface area contributed by atoms with E-state index in [1.54, 1.807) is 30.3 Å². The number of aromatic nitrogens is 4. The molecule has 1 fully saturated rings. The van der Waals surface area contributed by atoms with Crippen LogP contribution in [0.5, 0.6) is 5.75 Å². The number of fused-ring (bicyclic) bond motifs is 1. The first kappa shape index (κ1) is 46.0. The van der Waals surface area contributed by atoms with Crippen LogP contribution in [0.15, 0.2) is 67.0 Å². The van der Waals surface area contributed by atoms with Gasteiger partial charge in [0.25, 0.3) is 0 Å². The fraction of sp³-hybridized carbons (Fsp3) is 0.512. The largest absolute Gasteiger partial charge is 0.508 e. The minimum Gasteiger partial charge on any atom is -0.464 e. The van der Waals surface area contributed by atoms with E-state index in [-0.39, 0.29) is 54.7 Å². The van der Waals surface area contributed by atoms with Crippen LogP contribution in [0.3, 0.4) is 0 Å². The SMILES string of the molecule is C#C[C@]1(CO[P@@](=O)(N[C@@H](Cc2ccccc2)C(=O)OCC(CC)CC)Oc2ccccc2)O[C@@H](n2cnc3c(N)nc(F)nc32)C[C@@H]1OC(=O)OCCCCCCCCC. The molecule has 4 aromatic rings. The summed E-state index contributed by atoms with van der Waals surface area (Å²) >= 11 is 0. The molecule has 5 atom stereocenters. The minimum atomic E-state index is -4.59. The number of nitrogens with two attached hydrogens (primary N) is 1. The van der Waals surface area contributed by atoms with E-state index in [1.807, 2.05) is 44.2 Å². The molecule has 1 aliphatic rings. The average Bonchev–Trinajstić information content (AvgIpc) is 3.83. The molecule has 0 unspecified atom stereocenters. The molecule has 1 saturated heterocycles. The van der Waals surface area contributed by atoms with Crippen LogP contribution in [0.2, 0.25) is 0 Å². The van der Waals surface area contributed by atoms with Crippen LogP contribution in [0.25, 0.3) is 11.2 Å². The van der Waals surface area contributed by atoms with Gasteiger partial charge in [0, 0.05) is 6.42 Å². The van der Waals surface area contributed by atoms with Gasteiger partial charge in [-0.2, -0.15) is 19.4 Å². The first-order valence-corrected chi connectivity index (χ1v) is 22.2. The van der Waals surface area contributed by atoms with Gasteiger partial charge in [0.1, 0.15) is 24.6 Å². The third kappa shape index (κ3) is 12.7. The number of carbonyl (C=O) groups excluding carboxylic acids is 2. The predicted molar refractivity (Wildman–Crippen MR) is 223 cm³/mol. The van der Waals surface area contributed by atoms with Crippen LogP contribution in [0, 0.1) is 24.3 Å². The number of halogens is 1. The van der Waals surface area contributed by atoms with Gasteiger partial charge in [0.05, 0.1) is 19.5 Å². The highest BCUT2D eigenvalue weighted by molar-refractivity contribution is 7.52. The predicted octanol–water partition coefficient (Wildman–Crippen LogP) is 8.49. The van der Waals surface area contributed by atoms with Crippen LogP contribution in [-0.4, -0.2) is 69.2 Å². The number of terminal acetylenes is 1. The Hall–Kier alpha value is -5.07. The molecule has 60 heavy (non-hydrogen) atoms. The Labute approximate surface area is 350 Å². The third-order valence-electron chi connectivity index (χ3n) is 10.4. The van der Waals surface area contributed by atoms with Crippen molar-refractivity contribution in [3.05, 3.63) is 78.6 Å². The van der Waals surface area contributed by atoms with E-state index < -0.39 is 56.5 Å². The Morgan fingerprint density at radius 3 is 2.38 bits per heavy atom. The van der Waals surface area contributed by atoms with Gasteiger partial charge >= 0.3 is 25.9 Å². The number of imidazole rings is 1. The number of esters is 1. The average molecular weight is 851 g/mol. The lowest BCUT2D eigenvalue weighted by Gasteiger charge is -2.31. The van der Waals surface area contributed by atoms with Crippen LogP contribution in [0.1, 0.15) is 96.8 Å². The lowest BCUT2D eigenvalue weighted by molar-refractivity contribution is -0.147. The second kappa shape index (κ2) is 22.5. The number of unbranched alkanes of at least 4 members (excludes halogenated alkanes) is 6.